The minimum Gasteiger partial charge on any atom is -0.456 e. The SMILES string of the molecule is C=CC[C@@H]1/C=C(\C)C[C@H](C)C[C@H](OC)[C@H]2O[C@@](O)(C(=O)C(=O)N3CCCCC3C(=O)O[C@H](/C(C)=C/[C@@H]3CC[C@@H](O)[C@H](OC)C3)[C@H](C)/C=C/C1=O)[C@H](C)C[C@@H]2OC. The Bertz CT molecular complexity index is 1490. The zero-order valence-corrected chi connectivity index (χ0v) is 34.8. The highest BCUT2D eigenvalue weighted by Crippen LogP contribution is 2.39. The maximum absolute atomic E-state index is 14.3. The van der Waals surface area contributed by atoms with Gasteiger partial charge in [0.1, 0.15) is 18.2 Å². The van der Waals surface area contributed by atoms with Crippen molar-refractivity contribution in [1.29, 1.82) is 0 Å². The predicted molar refractivity (Wildman–Crippen MR) is 211 cm³/mol. The van der Waals surface area contributed by atoms with E-state index in [1.165, 1.54) is 19.1 Å². The number of Topliss-reactive ketones (excluding diaryl/α,β-unsaturated/α-hetero) is 1. The van der Waals surface area contributed by atoms with Gasteiger partial charge in [-0.05, 0) is 102 Å². The lowest BCUT2D eigenvalue weighted by atomic mass is 9.82. The van der Waals surface area contributed by atoms with Crippen LogP contribution in [-0.2, 0) is 42.9 Å². The summed E-state index contributed by atoms with van der Waals surface area (Å²) in [4.78, 5) is 57.6. The van der Waals surface area contributed by atoms with E-state index in [1.807, 2.05) is 26.8 Å². The number of cyclic esters (lactones) is 1. The zero-order valence-electron chi connectivity index (χ0n) is 34.8. The fraction of sp³-hybridized carbons (Fsp3) is 0.727. The molecule has 0 aromatic rings. The van der Waals surface area contributed by atoms with Gasteiger partial charge >= 0.3 is 5.97 Å². The summed E-state index contributed by atoms with van der Waals surface area (Å²) in [5.41, 5.74) is 1.77. The molecule has 3 aliphatic heterocycles. The number of ether oxygens (including phenoxy) is 5. The number of esters is 1. The highest BCUT2D eigenvalue weighted by atomic mass is 16.7. The molecule has 1 unspecified atom stereocenters. The van der Waals surface area contributed by atoms with Crippen molar-refractivity contribution in [3.05, 3.63) is 48.1 Å². The maximum Gasteiger partial charge on any atom is 0.329 e. The van der Waals surface area contributed by atoms with Crippen LogP contribution >= 0.6 is 0 Å². The number of hydrogen-bond acceptors (Lipinski definition) is 11. The average molecular weight is 786 g/mol. The molecule has 12 nitrogen and oxygen atoms in total. The summed E-state index contributed by atoms with van der Waals surface area (Å²) in [5, 5.41) is 22.4. The van der Waals surface area contributed by atoms with E-state index in [4.69, 9.17) is 23.7 Å². The summed E-state index contributed by atoms with van der Waals surface area (Å²) in [6.45, 7) is 13.5. The Kier molecular flexibility index (Phi) is 16.8. The van der Waals surface area contributed by atoms with Crippen molar-refractivity contribution in [2.24, 2.45) is 29.6 Å². The molecule has 0 radical (unpaired) electrons. The summed E-state index contributed by atoms with van der Waals surface area (Å²) >= 11 is 0. The Morgan fingerprint density at radius 1 is 0.982 bits per heavy atom. The molecule has 3 heterocycles. The number of methoxy groups -OCH3 is 3. The maximum atomic E-state index is 14.3. The Balaban J connectivity index is 1.78. The van der Waals surface area contributed by atoms with Crippen molar-refractivity contribution in [3.63, 3.8) is 0 Å². The topological polar surface area (TPSA) is 158 Å². The Hall–Kier alpha value is -3.00. The molecule has 2 bridgehead atoms. The second-order valence-corrected chi connectivity index (χ2v) is 16.8. The third-order valence-electron chi connectivity index (χ3n) is 12.4. The molecular formula is C44H67NO11. The van der Waals surface area contributed by atoms with Gasteiger partial charge in [0, 0.05) is 45.6 Å². The Labute approximate surface area is 333 Å². The second kappa shape index (κ2) is 20.6. The van der Waals surface area contributed by atoms with Crippen LogP contribution in [0.15, 0.2) is 48.1 Å². The average Bonchev–Trinajstić information content (AvgIpc) is 3.18. The molecule has 56 heavy (non-hydrogen) atoms. The Morgan fingerprint density at radius 2 is 1.66 bits per heavy atom. The molecular weight excluding hydrogens is 718 g/mol. The molecule has 4 aliphatic rings. The number of aliphatic hydroxyl groups excluding tert-OH is 1. The van der Waals surface area contributed by atoms with E-state index in [9.17, 15) is 29.4 Å². The van der Waals surface area contributed by atoms with Gasteiger partial charge < -0.3 is 38.8 Å². The number of piperidine rings is 1. The second-order valence-electron chi connectivity index (χ2n) is 16.8. The molecule has 3 fully saturated rings. The number of rotatable bonds is 7. The van der Waals surface area contributed by atoms with E-state index in [0.29, 0.717) is 44.9 Å². The fourth-order valence-electron chi connectivity index (χ4n) is 9.12. The number of hydrogen-bond donors (Lipinski definition) is 2. The van der Waals surface area contributed by atoms with Crippen LogP contribution in [0.4, 0.5) is 0 Å². The molecule has 13 atom stereocenters. The number of carbonyl (C=O) groups is 4. The minimum absolute atomic E-state index is 0.0469. The van der Waals surface area contributed by atoms with E-state index < -0.39 is 77.8 Å². The first-order valence-electron chi connectivity index (χ1n) is 20.5. The lowest BCUT2D eigenvalue weighted by Gasteiger charge is -2.47. The van der Waals surface area contributed by atoms with Gasteiger partial charge in [0.25, 0.3) is 11.7 Å². The van der Waals surface area contributed by atoms with Crippen molar-refractivity contribution in [2.75, 3.05) is 27.9 Å². The van der Waals surface area contributed by atoms with Crippen molar-refractivity contribution < 1.29 is 53.1 Å². The van der Waals surface area contributed by atoms with Gasteiger partial charge in [-0.2, -0.15) is 0 Å². The molecule has 1 saturated carbocycles. The molecule has 1 amide bonds. The van der Waals surface area contributed by atoms with Crippen LogP contribution in [0.3, 0.4) is 0 Å². The van der Waals surface area contributed by atoms with Crippen LogP contribution in [0.1, 0.15) is 98.8 Å². The third kappa shape index (κ3) is 10.9. The van der Waals surface area contributed by atoms with E-state index in [2.05, 4.69) is 19.6 Å². The van der Waals surface area contributed by atoms with Crippen LogP contribution in [0, 0.1) is 29.6 Å². The van der Waals surface area contributed by atoms with Crippen molar-refractivity contribution >= 4 is 23.4 Å². The summed E-state index contributed by atoms with van der Waals surface area (Å²) in [6.07, 6.45) is 10.5. The van der Waals surface area contributed by atoms with Crippen molar-refractivity contribution in [2.45, 2.75) is 147 Å². The molecule has 1 aliphatic carbocycles. The van der Waals surface area contributed by atoms with Gasteiger partial charge in [0.2, 0.25) is 5.79 Å². The Morgan fingerprint density at radius 3 is 2.32 bits per heavy atom. The first kappa shape index (κ1) is 45.7. The number of amides is 1. The van der Waals surface area contributed by atoms with Crippen LogP contribution in [0.2, 0.25) is 0 Å². The summed E-state index contributed by atoms with van der Waals surface area (Å²) in [7, 11) is 4.66. The van der Waals surface area contributed by atoms with E-state index >= 15 is 0 Å². The quantitative estimate of drug-likeness (QED) is 0.192. The highest BCUT2D eigenvalue weighted by Gasteiger charge is 2.56. The number of ketones is 2. The number of aliphatic hydroxyl groups is 2. The van der Waals surface area contributed by atoms with Crippen molar-refractivity contribution in [1.82, 2.24) is 4.90 Å². The third-order valence-corrected chi connectivity index (χ3v) is 12.4. The predicted octanol–water partition coefficient (Wildman–Crippen LogP) is 5.44. The zero-order chi connectivity index (χ0) is 41.3. The molecule has 2 saturated heterocycles. The minimum atomic E-state index is -2.48. The smallest absolute Gasteiger partial charge is 0.329 e. The lowest BCUT2D eigenvalue weighted by molar-refractivity contribution is -0.302. The summed E-state index contributed by atoms with van der Waals surface area (Å²) in [5.74, 6) is -7.00. The van der Waals surface area contributed by atoms with Crippen LogP contribution < -0.4 is 0 Å². The highest BCUT2D eigenvalue weighted by molar-refractivity contribution is 6.39. The molecule has 0 spiro atoms. The first-order chi connectivity index (χ1) is 26.6. The molecule has 12 heteroatoms. The monoisotopic (exact) mass is 785 g/mol. The van der Waals surface area contributed by atoms with Crippen LogP contribution in [0.5, 0.6) is 0 Å². The molecule has 2 N–H and O–H groups in total. The van der Waals surface area contributed by atoms with E-state index in [0.717, 1.165) is 17.6 Å². The standard InChI is InChI=1S/C44H67NO11/c1-10-13-32-21-26(2)20-27(3)22-37(53-8)40-38(54-9)24-30(6)44(51,56-40)41(48)42(49)45-19-12-11-14-33(45)43(50)55-39(28(4)15-17-34(32)46)29(5)23-31-16-18-35(47)36(25-31)52-7/h10,15,17,21,23,27-28,30-33,35-40,47,51H,1,11-14,16,18-20,22,24-25H2,2-9H3/b17-15+,26-21+,29-23+/t27-,28+,30+,31-,32+,33?,35+,36+,37-,38-,39-,40+,44+/m0/s1. The summed E-state index contributed by atoms with van der Waals surface area (Å²) in [6, 6.07) is -1.08. The van der Waals surface area contributed by atoms with Gasteiger partial charge in [-0.15, -0.1) is 6.58 Å². The van der Waals surface area contributed by atoms with Gasteiger partial charge in [0.05, 0.1) is 24.4 Å². The van der Waals surface area contributed by atoms with Crippen LogP contribution in [0.25, 0.3) is 0 Å². The molecule has 0 aromatic carbocycles. The van der Waals surface area contributed by atoms with Gasteiger partial charge in [-0.1, -0.05) is 50.6 Å². The van der Waals surface area contributed by atoms with Crippen LogP contribution in [-0.4, -0.2) is 115 Å². The number of allylic oxidation sites excluding steroid dienone is 5. The van der Waals surface area contributed by atoms with E-state index in [1.54, 1.807) is 32.3 Å². The van der Waals surface area contributed by atoms with Gasteiger partial charge in [-0.3, -0.25) is 14.4 Å². The van der Waals surface area contributed by atoms with Gasteiger partial charge in [0.15, 0.2) is 5.78 Å². The van der Waals surface area contributed by atoms with Gasteiger partial charge in [-0.25, -0.2) is 4.79 Å². The fourth-order valence-corrected chi connectivity index (χ4v) is 9.12. The summed E-state index contributed by atoms with van der Waals surface area (Å²) < 4.78 is 29.8. The molecule has 0 aromatic heterocycles. The lowest BCUT2D eigenvalue weighted by Crippen LogP contribution is -2.64. The number of nitrogens with zero attached hydrogens (tertiary/aromatic N) is 1. The molecule has 314 valence electrons. The number of carbonyl (C=O) groups excluding carboxylic acids is 4. The first-order valence-corrected chi connectivity index (χ1v) is 20.5. The molecule has 4 rings (SSSR count). The van der Waals surface area contributed by atoms with Crippen molar-refractivity contribution in [3.8, 4) is 0 Å². The largest absolute Gasteiger partial charge is 0.456 e. The number of fused-ring (bicyclic) bond motifs is 3. The van der Waals surface area contributed by atoms with E-state index in [-0.39, 0.29) is 43.1 Å². The normalized spacial score (nSPS) is 40.4.